The Morgan fingerprint density at radius 1 is 1.21 bits per heavy atom. The van der Waals surface area contributed by atoms with E-state index in [1.165, 1.54) is 23.5 Å². The Hall–Kier alpha value is -1.91. The highest BCUT2D eigenvalue weighted by atomic mass is 15.3. The Morgan fingerprint density at radius 3 is 3.00 bits per heavy atom. The Labute approximate surface area is 112 Å². The minimum atomic E-state index is 0.709. The fraction of sp³-hybridized carbons (Fsp3) is 0.500. The fourth-order valence-corrected chi connectivity index (χ4v) is 3.17. The molecule has 2 aromatic heterocycles. The van der Waals surface area contributed by atoms with Gasteiger partial charge in [-0.2, -0.15) is 0 Å². The van der Waals surface area contributed by atoms with Crippen molar-refractivity contribution in [3.63, 3.8) is 0 Å². The zero-order valence-corrected chi connectivity index (χ0v) is 10.9. The predicted molar refractivity (Wildman–Crippen MR) is 72.0 cm³/mol. The lowest BCUT2D eigenvalue weighted by molar-refractivity contribution is 0.354. The lowest BCUT2D eigenvalue weighted by Gasteiger charge is -2.41. The van der Waals surface area contributed by atoms with E-state index in [0.717, 1.165) is 32.5 Å². The van der Waals surface area contributed by atoms with Crippen molar-refractivity contribution in [3.05, 3.63) is 36.3 Å². The molecule has 3 heterocycles. The molecule has 0 N–H and O–H groups in total. The molecular formula is C14H17N5. The summed E-state index contributed by atoms with van der Waals surface area (Å²) in [7, 11) is 0. The van der Waals surface area contributed by atoms with Crippen LogP contribution in [0.4, 0.5) is 5.82 Å². The standard InChI is InChI=1S/C14H17N5/c1-2-12-13(3-1)16-9-17-14(12)19-7-11(8-19)6-18-5-4-15-10-18/h4-5,9-11H,1-3,6-8H2. The SMILES string of the molecule is c1cn(CC2CN(c3ncnc4c3CCC4)C2)cn1. The summed E-state index contributed by atoms with van der Waals surface area (Å²) in [6.45, 7) is 3.26. The van der Waals surface area contributed by atoms with Crippen LogP contribution < -0.4 is 4.90 Å². The van der Waals surface area contributed by atoms with Crippen LogP contribution in [0.5, 0.6) is 0 Å². The van der Waals surface area contributed by atoms with E-state index in [1.807, 2.05) is 18.7 Å². The van der Waals surface area contributed by atoms with Gasteiger partial charge in [0.05, 0.1) is 6.33 Å². The minimum absolute atomic E-state index is 0.709. The van der Waals surface area contributed by atoms with Gasteiger partial charge < -0.3 is 9.47 Å². The quantitative estimate of drug-likeness (QED) is 0.829. The summed E-state index contributed by atoms with van der Waals surface area (Å²) in [4.78, 5) is 15.4. The first-order valence-corrected chi connectivity index (χ1v) is 6.93. The van der Waals surface area contributed by atoms with Gasteiger partial charge in [-0.15, -0.1) is 0 Å². The van der Waals surface area contributed by atoms with Gasteiger partial charge in [0.1, 0.15) is 12.1 Å². The maximum Gasteiger partial charge on any atom is 0.135 e. The molecule has 98 valence electrons. The van der Waals surface area contributed by atoms with E-state index in [-0.39, 0.29) is 0 Å². The topological polar surface area (TPSA) is 46.8 Å². The van der Waals surface area contributed by atoms with Crippen LogP contribution in [0.1, 0.15) is 17.7 Å². The maximum absolute atomic E-state index is 4.50. The molecule has 5 heteroatoms. The molecule has 0 atom stereocenters. The van der Waals surface area contributed by atoms with Crippen molar-refractivity contribution >= 4 is 5.82 Å². The van der Waals surface area contributed by atoms with Gasteiger partial charge in [-0.1, -0.05) is 0 Å². The first-order valence-electron chi connectivity index (χ1n) is 6.93. The van der Waals surface area contributed by atoms with Crippen LogP contribution in [0.15, 0.2) is 25.0 Å². The molecule has 2 aliphatic rings. The summed E-state index contributed by atoms with van der Waals surface area (Å²) in [6, 6.07) is 0. The van der Waals surface area contributed by atoms with Crippen LogP contribution in [0, 0.1) is 5.92 Å². The number of fused-ring (bicyclic) bond motifs is 1. The van der Waals surface area contributed by atoms with Crippen LogP contribution >= 0.6 is 0 Å². The van der Waals surface area contributed by atoms with E-state index < -0.39 is 0 Å². The van der Waals surface area contributed by atoms with E-state index in [2.05, 4.69) is 24.4 Å². The lowest BCUT2D eigenvalue weighted by Crippen LogP contribution is -2.49. The number of anilines is 1. The lowest BCUT2D eigenvalue weighted by atomic mass is 9.99. The smallest absolute Gasteiger partial charge is 0.135 e. The maximum atomic E-state index is 4.50. The van der Waals surface area contributed by atoms with Crippen molar-refractivity contribution in [3.8, 4) is 0 Å². The van der Waals surface area contributed by atoms with E-state index in [0.29, 0.717) is 5.92 Å². The third-order valence-corrected chi connectivity index (χ3v) is 4.14. The van der Waals surface area contributed by atoms with Crippen LogP contribution in [-0.4, -0.2) is 32.6 Å². The summed E-state index contributed by atoms with van der Waals surface area (Å²) < 4.78 is 2.16. The number of aromatic nitrogens is 4. The van der Waals surface area contributed by atoms with E-state index in [9.17, 15) is 0 Å². The molecule has 0 unspecified atom stereocenters. The van der Waals surface area contributed by atoms with E-state index in [1.54, 1.807) is 6.33 Å². The zero-order valence-electron chi connectivity index (χ0n) is 10.9. The van der Waals surface area contributed by atoms with Gasteiger partial charge >= 0.3 is 0 Å². The van der Waals surface area contributed by atoms with Crippen LogP contribution in [0.2, 0.25) is 0 Å². The van der Waals surface area contributed by atoms with Crippen LogP contribution in [0.25, 0.3) is 0 Å². The molecule has 0 saturated carbocycles. The van der Waals surface area contributed by atoms with Gasteiger partial charge in [-0.3, -0.25) is 0 Å². The molecule has 1 saturated heterocycles. The average Bonchev–Trinajstić information content (AvgIpc) is 3.03. The van der Waals surface area contributed by atoms with Gasteiger partial charge in [0.15, 0.2) is 0 Å². The summed E-state index contributed by atoms with van der Waals surface area (Å²) in [5.74, 6) is 1.89. The summed E-state index contributed by atoms with van der Waals surface area (Å²) in [5, 5.41) is 0. The number of hydrogen-bond acceptors (Lipinski definition) is 4. The molecule has 2 aromatic rings. The molecule has 0 aromatic carbocycles. The molecule has 0 bridgehead atoms. The molecule has 1 aliphatic heterocycles. The number of hydrogen-bond donors (Lipinski definition) is 0. The first-order chi connectivity index (χ1) is 9.40. The predicted octanol–water partition coefficient (Wildman–Crippen LogP) is 1.30. The average molecular weight is 255 g/mol. The summed E-state index contributed by atoms with van der Waals surface area (Å²) >= 11 is 0. The third kappa shape index (κ3) is 1.89. The zero-order chi connectivity index (χ0) is 12.7. The van der Waals surface area contributed by atoms with Gasteiger partial charge in [0, 0.05) is 49.2 Å². The highest BCUT2D eigenvalue weighted by Gasteiger charge is 2.31. The Bertz CT molecular complexity index is 572. The van der Waals surface area contributed by atoms with Gasteiger partial charge in [0.25, 0.3) is 0 Å². The van der Waals surface area contributed by atoms with Crippen molar-refractivity contribution in [2.24, 2.45) is 5.92 Å². The van der Waals surface area contributed by atoms with E-state index >= 15 is 0 Å². The number of rotatable bonds is 3. The second-order valence-electron chi connectivity index (χ2n) is 5.51. The molecule has 0 amide bonds. The van der Waals surface area contributed by atoms with Crippen molar-refractivity contribution in [1.29, 1.82) is 0 Å². The highest BCUT2D eigenvalue weighted by Crippen LogP contribution is 2.32. The Balaban J connectivity index is 1.45. The minimum Gasteiger partial charge on any atom is -0.355 e. The van der Waals surface area contributed by atoms with E-state index in [4.69, 9.17) is 0 Å². The van der Waals surface area contributed by atoms with Crippen LogP contribution in [-0.2, 0) is 19.4 Å². The van der Waals surface area contributed by atoms with Crippen molar-refractivity contribution in [2.45, 2.75) is 25.8 Å². The molecule has 0 radical (unpaired) electrons. The first kappa shape index (κ1) is 11.0. The number of imidazole rings is 1. The van der Waals surface area contributed by atoms with Crippen molar-refractivity contribution < 1.29 is 0 Å². The normalized spacial score (nSPS) is 18.4. The molecule has 4 rings (SSSR count). The summed E-state index contributed by atoms with van der Waals surface area (Å²) in [6.07, 6.45) is 11.0. The largest absolute Gasteiger partial charge is 0.355 e. The van der Waals surface area contributed by atoms with Crippen molar-refractivity contribution in [2.75, 3.05) is 18.0 Å². The van der Waals surface area contributed by atoms with Gasteiger partial charge in [-0.05, 0) is 19.3 Å². The second kappa shape index (κ2) is 4.33. The molecular weight excluding hydrogens is 238 g/mol. The third-order valence-electron chi connectivity index (χ3n) is 4.14. The molecule has 0 spiro atoms. The highest BCUT2D eigenvalue weighted by molar-refractivity contribution is 5.52. The summed E-state index contributed by atoms with van der Waals surface area (Å²) in [5.41, 5.74) is 2.66. The molecule has 1 aliphatic carbocycles. The fourth-order valence-electron chi connectivity index (χ4n) is 3.17. The monoisotopic (exact) mass is 255 g/mol. The Kier molecular flexibility index (Phi) is 2.50. The second-order valence-corrected chi connectivity index (χ2v) is 5.51. The molecule has 5 nitrogen and oxygen atoms in total. The number of aryl methyl sites for hydroxylation is 1. The Morgan fingerprint density at radius 2 is 2.16 bits per heavy atom. The van der Waals surface area contributed by atoms with Gasteiger partial charge in [0.2, 0.25) is 0 Å². The molecule has 1 fully saturated rings. The number of nitrogens with zero attached hydrogens (tertiary/aromatic N) is 5. The van der Waals surface area contributed by atoms with Crippen molar-refractivity contribution in [1.82, 2.24) is 19.5 Å². The van der Waals surface area contributed by atoms with Crippen LogP contribution in [0.3, 0.4) is 0 Å². The molecule has 19 heavy (non-hydrogen) atoms. The van der Waals surface area contributed by atoms with Gasteiger partial charge in [-0.25, -0.2) is 15.0 Å².